The maximum absolute atomic E-state index is 5.56. The minimum Gasteiger partial charge on any atom is -0.379 e. The monoisotopic (exact) mass is 334 g/mol. The molecule has 1 atom stereocenters. The van der Waals surface area contributed by atoms with Crippen molar-refractivity contribution in [3.8, 4) is 0 Å². The number of hydrogen-bond acceptors (Lipinski definition) is 2. The van der Waals surface area contributed by atoms with Gasteiger partial charge in [-0.1, -0.05) is 6.07 Å². The molecule has 106 valence electrons. The molecule has 0 amide bonds. The molecule has 0 aliphatic carbocycles. The minimum atomic E-state index is 0.456. The Morgan fingerprint density at radius 2 is 2.35 bits per heavy atom. The quantitative estimate of drug-likeness (QED) is 0.913. The number of rotatable bonds is 2. The zero-order chi connectivity index (χ0) is 13.5. The number of hydrogen-bond donors (Lipinski definition) is 1. The molecule has 1 unspecified atom stereocenters. The van der Waals surface area contributed by atoms with Crippen LogP contribution in [0.4, 0.5) is 0 Å². The Bertz CT molecular complexity index is 643. The van der Waals surface area contributed by atoms with E-state index in [1.165, 1.54) is 39.3 Å². The number of nitrogens with one attached hydrogen (secondary N) is 1. The average molecular weight is 335 g/mol. The number of aromatic nitrogens is 1. The third-order valence-corrected chi connectivity index (χ3v) is 5.02. The molecule has 4 rings (SSSR count). The molecule has 1 aromatic carbocycles. The van der Waals surface area contributed by atoms with Gasteiger partial charge in [-0.3, -0.25) is 0 Å². The van der Waals surface area contributed by atoms with Crippen LogP contribution in [-0.4, -0.2) is 30.4 Å². The van der Waals surface area contributed by atoms with Crippen LogP contribution < -0.4 is 5.32 Å². The van der Waals surface area contributed by atoms with Gasteiger partial charge in [0.05, 0.1) is 18.7 Å². The summed E-state index contributed by atoms with van der Waals surface area (Å²) >= 11 is 3.72. The van der Waals surface area contributed by atoms with Crippen molar-refractivity contribution in [3.63, 3.8) is 0 Å². The van der Waals surface area contributed by atoms with Crippen LogP contribution in [0.1, 0.15) is 17.5 Å². The van der Waals surface area contributed by atoms with Crippen molar-refractivity contribution in [3.05, 3.63) is 33.9 Å². The van der Waals surface area contributed by atoms with Gasteiger partial charge in [-0.2, -0.15) is 0 Å². The second-order valence-corrected chi connectivity index (χ2v) is 6.71. The lowest BCUT2D eigenvalue weighted by atomic mass is 9.97. The van der Waals surface area contributed by atoms with Gasteiger partial charge in [0.1, 0.15) is 0 Å². The summed E-state index contributed by atoms with van der Waals surface area (Å²) < 4.78 is 9.18. The molecule has 3 heterocycles. The fraction of sp³-hybridized carbons (Fsp3) is 0.500. The Morgan fingerprint density at radius 1 is 1.40 bits per heavy atom. The van der Waals surface area contributed by atoms with Crippen molar-refractivity contribution in [2.24, 2.45) is 0 Å². The highest BCUT2D eigenvalue weighted by atomic mass is 79.9. The van der Waals surface area contributed by atoms with E-state index in [9.17, 15) is 0 Å². The highest BCUT2D eigenvalue weighted by molar-refractivity contribution is 9.10. The van der Waals surface area contributed by atoms with Gasteiger partial charge in [-0.05, 0) is 52.4 Å². The Kier molecular flexibility index (Phi) is 3.33. The Hall–Kier alpha value is -0.840. The summed E-state index contributed by atoms with van der Waals surface area (Å²) in [6, 6.07) is 5.21. The number of benzene rings is 1. The van der Waals surface area contributed by atoms with E-state index in [2.05, 4.69) is 44.1 Å². The smallest absolute Gasteiger partial charge is 0.0623 e. The van der Waals surface area contributed by atoms with Crippen LogP contribution in [0.3, 0.4) is 0 Å². The number of nitrogens with zero attached hydrogens (tertiary/aromatic N) is 1. The van der Waals surface area contributed by atoms with Crippen LogP contribution in [-0.2, 0) is 24.1 Å². The molecule has 0 bridgehead atoms. The van der Waals surface area contributed by atoms with Crippen LogP contribution in [0.2, 0.25) is 0 Å². The van der Waals surface area contributed by atoms with Crippen molar-refractivity contribution in [2.45, 2.75) is 31.8 Å². The summed E-state index contributed by atoms with van der Waals surface area (Å²) in [5.74, 6) is 0. The molecule has 3 nitrogen and oxygen atoms in total. The van der Waals surface area contributed by atoms with E-state index in [1.54, 1.807) is 0 Å². The van der Waals surface area contributed by atoms with E-state index in [0.29, 0.717) is 6.04 Å². The number of halogens is 1. The molecule has 0 saturated carbocycles. The summed E-state index contributed by atoms with van der Waals surface area (Å²) in [6.07, 6.45) is 5.74. The van der Waals surface area contributed by atoms with Crippen LogP contribution in [0.25, 0.3) is 10.9 Å². The maximum Gasteiger partial charge on any atom is 0.0623 e. The van der Waals surface area contributed by atoms with Crippen molar-refractivity contribution < 1.29 is 4.74 Å². The van der Waals surface area contributed by atoms with E-state index >= 15 is 0 Å². The number of aryl methyl sites for hydroxylation is 2. The summed E-state index contributed by atoms with van der Waals surface area (Å²) in [5, 5.41) is 4.91. The third-order valence-electron chi connectivity index (χ3n) is 4.39. The first-order chi connectivity index (χ1) is 9.81. The SMILES string of the molecule is Brc1cn2c3c(cc(CC4COCCN4)cc13)CCC2. The Labute approximate surface area is 127 Å². The van der Waals surface area contributed by atoms with Crippen molar-refractivity contribution >= 4 is 26.8 Å². The normalized spacial score (nSPS) is 22.4. The average Bonchev–Trinajstić information content (AvgIpc) is 2.78. The van der Waals surface area contributed by atoms with Gasteiger partial charge in [0.2, 0.25) is 0 Å². The van der Waals surface area contributed by atoms with Gasteiger partial charge in [0.25, 0.3) is 0 Å². The van der Waals surface area contributed by atoms with Gasteiger partial charge < -0.3 is 14.6 Å². The van der Waals surface area contributed by atoms with Gasteiger partial charge >= 0.3 is 0 Å². The molecule has 2 aromatic rings. The zero-order valence-electron chi connectivity index (χ0n) is 11.5. The largest absolute Gasteiger partial charge is 0.379 e. The maximum atomic E-state index is 5.56. The molecule has 20 heavy (non-hydrogen) atoms. The lowest BCUT2D eigenvalue weighted by molar-refractivity contribution is 0.0770. The van der Waals surface area contributed by atoms with Crippen LogP contribution in [0, 0.1) is 0 Å². The molecular formula is C16H19BrN2O. The second kappa shape index (κ2) is 5.17. The van der Waals surface area contributed by atoms with Gasteiger partial charge in [0.15, 0.2) is 0 Å². The fourth-order valence-corrected chi connectivity index (χ4v) is 4.06. The predicted molar refractivity (Wildman–Crippen MR) is 84.3 cm³/mol. The lowest BCUT2D eigenvalue weighted by Crippen LogP contribution is -2.42. The first-order valence-electron chi connectivity index (χ1n) is 7.42. The molecule has 0 spiro atoms. The van der Waals surface area contributed by atoms with Gasteiger partial charge in [0, 0.05) is 35.2 Å². The Balaban J connectivity index is 1.72. The third kappa shape index (κ3) is 2.20. The summed E-state index contributed by atoms with van der Waals surface area (Å²) in [7, 11) is 0. The molecule has 4 heteroatoms. The summed E-state index contributed by atoms with van der Waals surface area (Å²) in [4.78, 5) is 0. The minimum absolute atomic E-state index is 0.456. The first-order valence-corrected chi connectivity index (χ1v) is 8.22. The molecule has 2 aliphatic heterocycles. The van der Waals surface area contributed by atoms with E-state index in [0.717, 1.165) is 32.7 Å². The number of morpholine rings is 1. The predicted octanol–water partition coefficient (Wildman–Crippen LogP) is 2.88. The van der Waals surface area contributed by atoms with Crippen LogP contribution in [0.5, 0.6) is 0 Å². The van der Waals surface area contributed by atoms with E-state index in [4.69, 9.17) is 4.74 Å². The van der Waals surface area contributed by atoms with Crippen molar-refractivity contribution in [1.29, 1.82) is 0 Å². The van der Waals surface area contributed by atoms with E-state index in [1.807, 2.05) is 0 Å². The summed E-state index contributed by atoms with van der Waals surface area (Å²) in [6.45, 7) is 3.79. The summed E-state index contributed by atoms with van der Waals surface area (Å²) in [5.41, 5.74) is 4.36. The highest BCUT2D eigenvalue weighted by Gasteiger charge is 2.19. The first kappa shape index (κ1) is 12.9. The van der Waals surface area contributed by atoms with Crippen LogP contribution >= 0.6 is 15.9 Å². The lowest BCUT2D eigenvalue weighted by Gasteiger charge is -2.24. The number of ether oxygens (including phenoxy) is 1. The van der Waals surface area contributed by atoms with E-state index in [-0.39, 0.29) is 0 Å². The molecular weight excluding hydrogens is 316 g/mol. The highest BCUT2D eigenvalue weighted by Crippen LogP contribution is 2.33. The van der Waals surface area contributed by atoms with Crippen molar-refractivity contribution in [1.82, 2.24) is 9.88 Å². The topological polar surface area (TPSA) is 26.2 Å². The van der Waals surface area contributed by atoms with Gasteiger partial charge in [-0.25, -0.2) is 0 Å². The Morgan fingerprint density at radius 3 is 3.20 bits per heavy atom. The molecule has 1 fully saturated rings. The van der Waals surface area contributed by atoms with Gasteiger partial charge in [-0.15, -0.1) is 0 Å². The van der Waals surface area contributed by atoms with E-state index < -0.39 is 0 Å². The molecule has 1 saturated heterocycles. The zero-order valence-corrected chi connectivity index (χ0v) is 13.1. The molecule has 2 aliphatic rings. The fourth-order valence-electron chi connectivity index (χ4n) is 3.51. The van der Waals surface area contributed by atoms with Crippen LogP contribution in [0.15, 0.2) is 22.8 Å². The molecule has 1 aromatic heterocycles. The molecule has 0 radical (unpaired) electrons. The molecule has 1 N–H and O–H groups in total. The van der Waals surface area contributed by atoms with Crippen molar-refractivity contribution in [2.75, 3.05) is 19.8 Å². The standard InChI is InChI=1S/C16H19BrN2O/c17-15-9-19-4-1-2-12-6-11(8-14(15)16(12)19)7-13-10-20-5-3-18-13/h6,8-9,13,18H,1-5,7,10H2. The second-order valence-electron chi connectivity index (χ2n) is 5.86.